The van der Waals surface area contributed by atoms with Crippen molar-refractivity contribution < 1.29 is 9.15 Å². The summed E-state index contributed by atoms with van der Waals surface area (Å²) in [7, 11) is 0. The first kappa shape index (κ1) is 9.04. The van der Waals surface area contributed by atoms with Crippen LogP contribution in [-0.4, -0.2) is 13.2 Å². The van der Waals surface area contributed by atoms with Gasteiger partial charge in [0.2, 0.25) is 0 Å². The Morgan fingerprint density at radius 2 is 2.50 bits per heavy atom. The van der Waals surface area contributed by atoms with Gasteiger partial charge in [0, 0.05) is 6.42 Å². The molecule has 0 radical (unpaired) electrons. The summed E-state index contributed by atoms with van der Waals surface area (Å²) < 4.78 is 10.5. The summed E-state index contributed by atoms with van der Waals surface area (Å²) in [6, 6.07) is 5.97. The van der Waals surface area contributed by atoms with E-state index < -0.39 is 5.41 Å². The maximum Gasteiger partial charge on any atom is 0.110 e. The van der Waals surface area contributed by atoms with Crippen LogP contribution in [0, 0.1) is 16.7 Å². The van der Waals surface area contributed by atoms with E-state index in [-0.39, 0.29) is 0 Å². The van der Waals surface area contributed by atoms with Gasteiger partial charge in [0.05, 0.1) is 25.5 Å². The van der Waals surface area contributed by atoms with E-state index in [9.17, 15) is 0 Å². The Balaban J connectivity index is 2.23. The molecule has 3 nitrogen and oxygen atoms in total. The smallest absolute Gasteiger partial charge is 0.110 e. The van der Waals surface area contributed by atoms with Crippen LogP contribution < -0.4 is 0 Å². The Morgan fingerprint density at radius 1 is 1.64 bits per heavy atom. The zero-order valence-corrected chi connectivity index (χ0v) is 7.82. The lowest BCUT2D eigenvalue weighted by molar-refractivity contribution is 0.169. The molecule has 1 saturated heterocycles. The molecule has 1 aromatic rings. The minimum absolute atomic E-state index is 0.420. The van der Waals surface area contributed by atoms with Gasteiger partial charge in [-0.15, -0.1) is 0 Å². The molecule has 1 aliphatic rings. The Kier molecular flexibility index (Phi) is 2.14. The Bertz CT molecular complexity index is 374. The molecule has 1 fully saturated rings. The SMILES string of the molecule is C=C1COCC1(C#N)Cc1ccco1. The summed E-state index contributed by atoms with van der Waals surface area (Å²) in [6.07, 6.45) is 2.16. The first-order valence-corrected chi connectivity index (χ1v) is 4.46. The molecule has 0 amide bonds. The highest BCUT2D eigenvalue weighted by Crippen LogP contribution is 2.35. The lowest BCUT2D eigenvalue weighted by atomic mass is 9.81. The molecule has 0 aromatic carbocycles. The van der Waals surface area contributed by atoms with Crippen LogP contribution in [0.2, 0.25) is 0 Å². The molecule has 0 saturated carbocycles. The molecule has 0 N–H and O–H groups in total. The van der Waals surface area contributed by atoms with Crippen molar-refractivity contribution >= 4 is 0 Å². The third kappa shape index (κ3) is 1.34. The van der Waals surface area contributed by atoms with E-state index in [0.29, 0.717) is 19.6 Å². The van der Waals surface area contributed by atoms with E-state index in [4.69, 9.17) is 14.4 Å². The molecule has 72 valence electrons. The fourth-order valence-corrected chi connectivity index (χ4v) is 1.63. The normalized spacial score (nSPS) is 26.4. The predicted molar refractivity (Wildman–Crippen MR) is 50.4 cm³/mol. The standard InChI is InChI=1S/C11H11NO2/c1-9-6-13-8-11(9,7-12)5-10-3-2-4-14-10/h2-4H,1,5-6,8H2. The second-order valence-corrected chi connectivity index (χ2v) is 3.55. The highest BCUT2D eigenvalue weighted by molar-refractivity contribution is 5.27. The van der Waals surface area contributed by atoms with E-state index in [1.807, 2.05) is 12.1 Å². The van der Waals surface area contributed by atoms with Gasteiger partial charge >= 0.3 is 0 Å². The molecular formula is C11H11NO2. The van der Waals surface area contributed by atoms with Gasteiger partial charge in [-0.25, -0.2) is 0 Å². The molecule has 0 aliphatic carbocycles. The summed E-state index contributed by atoms with van der Waals surface area (Å²) in [6.45, 7) is 4.77. The van der Waals surface area contributed by atoms with E-state index in [0.717, 1.165) is 11.3 Å². The van der Waals surface area contributed by atoms with Crippen LogP contribution in [-0.2, 0) is 11.2 Å². The van der Waals surface area contributed by atoms with E-state index in [1.165, 1.54) is 0 Å². The minimum Gasteiger partial charge on any atom is -0.469 e. The van der Waals surface area contributed by atoms with E-state index >= 15 is 0 Å². The monoisotopic (exact) mass is 189 g/mol. The maximum absolute atomic E-state index is 9.15. The summed E-state index contributed by atoms with van der Waals surface area (Å²) in [5.74, 6) is 0.804. The van der Waals surface area contributed by atoms with Gasteiger partial charge in [-0.3, -0.25) is 0 Å². The molecule has 0 spiro atoms. The lowest BCUT2D eigenvalue weighted by Crippen LogP contribution is -2.23. The quantitative estimate of drug-likeness (QED) is 0.667. The number of hydrogen-bond donors (Lipinski definition) is 0. The maximum atomic E-state index is 9.15. The molecule has 1 aliphatic heterocycles. The van der Waals surface area contributed by atoms with Crippen LogP contribution in [0.3, 0.4) is 0 Å². The molecule has 2 heterocycles. The van der Waals surface area contributed by atoms with Gasteiger partial charge in [0.15, 0.2) is 0 Å². The minimum atomic E-state index is -0.585. The van der Waals surface area contributed by atoms with Crippen LogP contribution in [0.15, 0.2) is 35.0 Å². The largest absolute Gasteiger partial charge is 0.469 e. The van der Waals surface area contributed by atoms with Crippen molar-refractivity contribution in [2.24, 2.45) is 5.41 Å². The Hall–Kier alpha value is -1.53. The molecule has 2 rings (SSSR count). The van der Waals surface area contributed by atoms with Crippen LogP contribution in [0.25, 0.3) is 0 Å². The number of rotatable bonds is 2. The third-order valence-electron chi connectivity index (χ3n) is 2.57. The molecule has 0 bridgehead atoms. The number of furan rings is 1. The van der Waals surface area contributed by atoms with Crippen LogP contribution in [0.5, 0.6) is 0 Å². The first-order chi connectivity index (χ1) is 6.77. The Morgan fingerprint density at radius 3 is 3.00 bits per heavy atom. The zero-order chi connectivity index (χ0) is 10.0. The fourth-order valence-electron chi connectivity index (χ4n) is 1.63. The van der Waals surface area contributed by atoms with Gasteiger partial charge in [0.25, 0.3) is 0 Å². The van der Waals surface area contributed by atoms with Gasteiger partial charge < -0.3 is 9.15 Å². The number of nitrogens with zero attached hydrogens (tertiary/aromatic N) is 1. The summed E-state index contributed by atoms with van der Waals surface area (Å²) in [5.41, 5.74) is 0.258. The second kappa shape index (κ2) is 3.32. The number of hydrogen-bond acceptors (Lipinski definition) is 3. The Labute approximate surface area is 82.6 Å². The lowest BCUT2D eigenvalue weighted by Gasteiger charge is -2.17. The van der Waals surface area contributed by atoms with Crippen LogP contribution in [0.1, 0.15) is 5.76 Å². The van der Waals surface area contributed by atoms with Crippen molar-refractivity contribution in [1.29, 1.82) is 5.26 Å². The van der Waals surface area contributed by atoms with Gasteiger partial charge in [0.1, 0.15) is 11.2 Å². The van der Waals surface area contributed by atoms with Gasteiger partial charge in [-0.2, -0.15) is 5.26 Å². The van der Waals surface area contributed by atoms with E-state index in [1.54, 1.807) is 6.26 Å². The fraction of sp³-hybridized carbons (Fsp3) is 0.364. The van der Waals surface area contributed by atoms with Crippen LogP contribution in [0.4, 0.5) is 0 Å². The van der Waals surface area contributed by atoms with E-state index in [2.05, 4.69) is 12.6 Å². The van der Waals surface area contributed by atoms with Crippen LogP contribution >= 0.6 is 0 Å². The highest BCUT2D eigenvalue weighted by Gasteiger charge is 2.39. The van der Waals surface area contributed by atoms with Crippen molar-refractivity contribution in [3.63, 3.8) is 0 Å². The summed E-state index contributed by atoms with van der Waals surface area (Å²) >= 11 is 0. The average Bonchev–Trinajstić information content (AvgIpc) is 2.79. The second-order valence-electron chi connectivity index (χ2n) is 3.55. The summed E-state index contributed by atoms with van der Waals surface area (Å²) in [4.78, 5) is 0. The molecule has 14 heavy (non-hydrogen) atoms. The predicted octanol–water partition coefficient (Wildman–Crippen LogP) is 1.92. The van der Waals surface area contributed by atoms with Crippen molar-refractivity contribution in [3.05, 3.63) is 36.3 Å². The molecule has 1 atom stereocenters. The molecule has 1 unspecified atom stereocenters. The highest BCUT2D eigenvalue weighted by atomic mass is 16.5. The average molecular weight is 189 g/mol. The molecule has 1 aromatic heterocycles. The van der Waals surface area contributed by atoms with Gasteiger partial charge in [-0.1, -0.05) is 6.58 Å². The third-order valence-corrected chi connectivity index (χ3v) is 2.57. The number of ether oxygens (including phenoxy) is 1. The first-order valence-electron chi connectivity index (χ1n) is 4.46. The molecule has 3 heteroatoms. The topological polar surface area (TPSA) is 46.2 Å². The van der Waals surface area contributed by atoms with Gasteiger partial charge in [-0.05, 0) is 17.7 Å². The molecular weight excluding hydrogens is 178 g/mol. The van der Waals surface area contributed by atoms with Crippen molar-refractivity contribution in [2.45, 2.75) is 6.42 Å². The number of nitriles is 1. The van der Waals surface area contributed by atoms with Crippen molar-refractivity contribution in [3.8, 4) is 6.07 Å². The summed E-state index contributed by atoms with van der Waals surface area (Å²) in [5, 5.41) is 9.15. The van der Waals surface area contributed by atoms with Crippen molar-refractivity contribution in [2.75, 3.05) is 13.2 Å². The van der Waals surface area contributed by atoms with Crippen molar-refractivity contribution in [1.82, 2.24) is 0 Å². The zero-order valence-electron chi connectivity index (χ0n) is 7.82.